The summed E-state index contributed by atoms with van der Waals surface area (Å²) in [6.45, 7) is 7.79. The molecule has 0 aromatic heterocycles. The third-order valence-corrected chi connectivity index (χ3v) is 4.25. The molecule has 8 heteroatoms. The van der Waals surface area contributed by atoms with Gasteiger partial charge in [-0.25, -0.2) is 4.57 Å². The molecule has 0 saturated heterocycles. The fraction of sp³-hybridized carbons (Fsp3) is 0.909. The lowest BCUT2D eigenvalue weighted by atomic mass is 10.2. The average molecular weight is 334 g/mol. The molecule has 0 rings (SSSR count). The zero-order chi connectivity index (χ0) is 14.9. The standard InChI is InChI=1S/C11H22Cl2NO4P/c1-5-9-11(12,13)10(16-6-2)14-19(15,17-7-3)18-8-4/h5-9H2,1-4H3. The second-order valence-corrected chi connectivity index (χ2v) is 6.73. The van der Waals surface area contributed by atoms with Crippen LogP contribution in [-0.2, 0) is 18.3 Å². The van der Waals surface area contributed by atoms with Crippen molar-refractivity contribution in [1.29, 1.82) is 0 Å². The molecule has 114 valence electrons. The van der Waals surface area contributed by atoms with E-state index in [1.807, 2.05) is 6.92 Å². The van der Waals surface area contributed by atoms with E-state index < -0.39 is 12.1 Å². The first kappa shape index (κ1) is 19.2. The number of ether oxygens (including phenoxy) is 1. The van der Waals surface area contributed by atoms with Crippen molar-refractivity contribution < 1.29 is 18.3 Å². The normalized spacial score (nSPS) is 13.7. The summed E-state index contributed by atoms with van der Waals surface area (Å²) in [6.07, 6.45) is 1.15. The maximum absolute atomic E-state index is 12.3. The van der Waals surface area contributed by atoms with Gasteiger partial charge in [0.15, 0.2) is 4.33 Å². The molecule has 0 aromatic rings. The van der Waals surface area contributed by atoms with Crippen molar-refractivity contribution in [1.82, 2.24) is 0 Å². The maximum Gasteiger partial charge on any atom is 0.456 e. The predicted octanol–water partition coefficient (Wildman–Crippen LogP) is 4.58. The van der Waals surface area contributed by atoms with Crippen molar-refractivity contribution in [3.8, 4) is 0 Å². The number of alkyl halides is 2. The third-order valence-electron chi connectivity index (χ3n) is 1.96. The molecule has 0 saturated carbocycles. The molecular formula is C11H22Cl2NO4P. The summed E-state index contributed by atoms with van der Waals surface area (Å²) in [5.41, 5.74) is 0. The molecule has 19 heavy (non-hydrogen) atoms. The van der Waals surface area contributed by atoms with Gasteiger partial charge in [0.05, 0.1) is 19.8 Å². The van der Waals surface area contributed by atoms with Crippen molar-refractivity contribution in [2.45, 2.75) is 44.9 Å². The largest absolute Gasteiger partial charge is 0.479 e. The number of hydrogen-bond donors (Lipinski definition) is 0. The van der Waals surface area contributed by atoms with Crippen LogP contribution in [0, 0.1) is 0 Å². The highest BCUT2D eigenvalue weighted by Crippen LogP contribution is 2.51. The van der Waals surface area contributed by atoms with Crippen LogP contribution in [0.3, 0.4) is 0 Å². The zero-order valence-electron chi connectivity index (χ0n) is 11.8. The van der Waals surface area contributed by atoms with Crippen LogP contribution >= 0.6 is 30.9 Å². The minimum absolute atomic E-state index is 0.0228. The Morgan fingerprint density at radius 3 is 2.00 bits per heavy atom. The van der Waals surface area contributed by atoms with Gasteiger partial charge in [0.25, 0.3) is 0 Å². The fourth-order valence-electron chi connectivity index (χ4n) is 1.30. The van der Waals surface area contributed by atoms with E-state index in [4.69, 9.17) is 37.0 Å². The molecule has 0 heterocycles. The average Bonchev–Trinajstić information content (AvgIpc) is 2.29. The molecule has 0 amide bonds. The second kappa shape index (κ2) is 9.19. The minimum Gasteiger partial charge on any atom is -0.479 e. The van der Waals surface area contributed by atoms with Gasteiger partial charge in [-0.15, -0.1) is 4.76 Å². The Bertz CT molecular complexity index is 327. The second-order valence-electron chi connectivity index (χ2n) is 3.60. The van der Waals surface area contributed by atoms with Crippen LogP contribution in [0.5, 0.6) is 0 Å². The SMILES string of the molecule is CCCC(Cl)(Cl)C(=NP(=O)(OCC)OCC)OCC. The molecule has 0 aliphatic rings. The maximum atomic E-state index is 12.3. The third kappa shape index (κ3) is 6.96. The summed E-state index contributed by atoms with van der Waals surface area (Å²) in [6, 6.07) is 0. The molecular weight excluding hydrogens is 312 g/mol. The predicted molar refractivity (Wildman–Crippen MR) is 79.3 cm³/mol. The first-order chi connectivity index (χ1) is 8.85. The van der Waals surface area contributed by atoms with Crippen LogP contribution < -0.4 is 0 Å². The van der Waals surface area contributed by atoms with Gasteiger partial charge in [0, 0.05) is 0 Å². The lowest BCUT2D eigenvalue weighted by Crippen LogP contribution is -2.28. The number of rotatable bonds is 9. The van der Waals surface area contributed by atoms with Gasteiger partial charge in [0.2, 0.25) is 5.90 Å². The van der Waals surface area contributed by atoms with E-state index in [0.717, 1.165) is 6.42 Å². The van der Waals surface area contributed by atoms with Crippen molar-refractivity contribution in [3.05, 3.63) is 0 Å². The highest BCUT2D eigenvalue weighted by atomic mass is 35.5. The molecule has 0 fully saturated rings. The van der Waals surface area contributed by atoms with E-state index in [1.54, 1.807) is 20.8 Å². The number of nitrogens with zero attached hydrogens (tertiary/aromatic N) is 1. The van der Waals surface area contributed by atoms with Gasteiger partial charge in [-0.1, -0.05) is 36.5 Å². The van der Waals surface area contributed by atoms with E-state index in [-0.39, 0.29) is 19.1 Å². The fourth-order valence-corrected chi connectivity index (χ4v) is 3.28. The van der Waals surface area contributed by atoms with Crippen LogP contribution in [0.25, 0.3) is 0 Å². The quantitative estimate of drug-likeness (QED) is 0.268. The molecule has 0 bridgehead atoms. The van der Waals surface area contributed by atoms with Crippen molar-refractivity contribution >= 4 is 36.8 Å². The van der Waals surface area contributed by atoms with Crippen molar-refractivity contribution in [2.75, 3.05) is 19.8 Å². The summed E-state index contributed by atoms with van der Waals surface area (Å²) in [4.78, 5) is 0. The van der Waals surface area contributed by atoms with E-state index in [9.17, 15) is 4.57 Å². The Labute approximate surface area is 125 Å². The van der Waals surface area contributed by atoms with E-state index >= 15 is 0 Å². The summed E-state index contributed by atoms with van der Waals surface area (Å²) in [5, 5.41) is 0. The number of hydrogen-bond acceptors (Lipinski definition) is 4. The van der Waals surface area contributed by atoms with Gasteiger partial charge >= 0.3 is 7.75 Å². The molecule has 5 nitrogen and oxygen atoms in total. The molecule has 0 atom stereocenters. The Hall–Kier alpha value is 0.200. The first-order valence-corrected chi connectivity index (χ1v) is 8.60. The van der Waals surface area contributed by atoms with Gasteiger partial charge in [-0.2, -0.15) is 0 Å². The summed E-state index contributed by atoms with van der Waals surface area (Å²) >= 11 is 12.3. The molecule has 0 N–H and O–H groups in total. The zero-order valence-corrected chi connectivity index (χ0v) is 14.2. The molecule has 0 unspecified atom stereocenters. The monoisotopic (exact) mass is 333 g/mol. The summed E-state index contributed by atoms with van der Waals surface area (Å²) in [7, 11) is -3.63. The van der Waals surface area contributed by atoms with Gasteiger partial charge in [-0.05, 0) is 27.2 Å². The van der Waals surface area contributed by atoms with E-state index in [1.165, 1.54) is 0 Å². The van der Waals surface area contributed by atoms with E-state index in [0.29, 0.717) is 13.0 Å². The highest BCUT2D eigenvalue weighted by molar-refractivity contribution is 7.52. The van der Waals surface area contributed by atoms with Crippen LogP contribution in [0.1, 0.15) is 40.5 Å². The summed E-state index contributed by atoms with van der Waals surface area (Å²) < 4.78 is 30.3. The van der Waals surface area contributed by atoms with Crippen LogP contribution in [0.15, 0.2) is 4.76 Å². The van der Waals surface area contributed by atoms with Crippen LogP contribution in [0.2, 0.25) is 0 Å². The highest BCUT2D eigenvalue weighted by Gasteiger charge is 2.36. The smallest absolute Gasteiger partial charge is 0.456 e. The topological polar surface area (TPSA) is 57.1 Å². The molecule has 0 spiro atoms. The van der Waals surface area contributed by atoms with Gasteiger partial charge < -0.3 is 4.74 Å². The van der Waals surface area contributed by atoms with Crippen molar-refractivity contribution in [2.24, 2.45) is 4.76 Å². The molecule has 0 aromatic carbocycles. The Kier molecular flexibility index (Phi) is 9.29. The van der Waals surface area contributed by atoms with Crippen LogP contribution in [-0.4, -0.2) is 30.1 Å². The van der Waals surface area contributed by atoms with E-state index in [2.05, 4.69) is 4.76 Å². The van der Waals surface area contributed by atoms with Gasteiger partial charge in [0.1, 0.15) is 0 Å². The lowest BCUT2D eigenvalue weighted by Gasteiger charge is -2.22. The Morgan fingerprint density at radius 2 is 1.63 bits per heavy atom. The summed E-state index contributed by atoms with van der Waals surface area (Å²) in [5.74, 6) is -0.0228. The Morgan fingerprint density at radius 1 is 1.11 bits per heavy atom. The lowest BCUT2D eigenvalue weighted by molar-refractivity contribution is 0.219. The van der Waals surface area contributed by atoms with Crippen molar-refractivity contribution in [3.63, 3.8) is 0 Å². The number of halogens is 2. The molecule has 0 aliphatic heterocycles. The van der Waals surface area contributed by atoms with Gasteiger partial charge in [-0.3, -0.25) is 9.05 Å². The molecule has 0 aliphatic carbocycles. The molecule has 0 radical (unpaired) electrons. The van der Waals surface area contributed by atoms with Crippen LogP contribution in [0.4, 0.5) is 0 Å². The first-order valence-electron chi connectivity index (χ1n) is 6.35. The minimum atomic E-state index is -3.63. The Balaban J connectivity index is 5.32.